The first-order valence-electron chi connectivity index (χ1n) is 4.55. The van der Waals surface area contributed by atoms with Gasteiger partial charge in [-0.05, 0) is 29.6 Å². The van der Waals surface area contributed by atoms with Gasteiger partial charge in [-0.2, -0.15) is 0 Å². The Morgan fingerprint density at radius 1 is 1.36 bits per heavy atom. The van der Waals surface area contributed by atoms with E-state index in [1.165, 1.54) is 12.8 Å². The molecule has 1 fully saturated rings. The van der Waals surface area contributed by atoms with Crippen molar-refractivity contribution in [2.24, 2.45) is 16.7 Å². The predicted molar refractivity (Wildman–Crippen MR) is 47.4 cm³/mol. The van der Waals surface area contributed by atoms with Gasteiger partial charge in [-0.25, -0.2) is 0 Å². The quantitative estimate of drug-likeness (QED) is 0.618. The number of rotatable bonds is 1. The molecular weight excluding hydrogens is 136 g/mol. The van der Waals surface area contributed by atoms with E-state index in [9.17, 15) is 5.11 Å². The highest BCUT2D eigenvalue weighted by Crippen LogP contribution is 2.55. The van der Waals surface area contributed by atoms with E-state index in [-0.39, 0.29) is 5.41 Å². The number of aliphatic hydroxyl groups is 1. The molecule has 0 aromatic carbocycles. The van der Waals surface area contributed by atoms with Crippen molar-refractivity contribution in [2.75, 3.05) is 6.61 Å². The highest BCUT2D eigenvalue weighted by atomic mass is 16.3. The normalized spacial score (nSPS) is 42.8. The molecule has 66 valence electrons. The topological polar surface area (TPSA) is 20.2 Å². The Labute approximate surface area is 69.8 Å². The second-order valence-electron chi connectivity index (χ2n) is 4.88. The minimum Gasteiger partial charge on any atom is -0.396 e. The summed E-state index contributed by atoms with van der Waals surface area (Å²) in [5.74, 6) is 0.750. The van der Waals surface area contributed by atoms with Gasteiger partial charge >= 0.3 is 0 Å². The maximum absolute atomic E-state index is 9.28. The molecule has 1 aliphatic carbocycles. The first-order chi connectivity index (χ1) is 4.94. The van der Waals surface area contributed by atoms with Gasteiger partial charge in [0.2, 0.25) is 0 Å². The molecule has 0 spiro atoms. The fraction of sp³-hybridized carbons (Fsp3) is 1.00. The van der Waals surface area contributed by atoms with E-state index in [0.717, 1.165) is 5.92 Å². The molecule has 0 aliphatic heterocycles. The van der Waals surface area contributed by atoms with E-state index in [2.05, 4.69) is 27.7 Å². The van der Waals surface area contributed by atoms with Crippen LogP contribution in [-0.4, -0.2) is 11.7 Å². The zero-order valence-electron chi connectivity index (χ0n) is 8.15. The molecule has 0 heterocycles. The summed E-state index contributed by atoms with van der Waals surface area (Å²) in [6.07, 6.45) is 2.45. The molecule has 1 N–H and O–H groups in total. The Morgan fingerprint density at radius 3 is 2.09 bits per heavy atom. The molecule has 1 nitrogen and oxygen atoms in total. The lowest BCUT2D eigenvalue weighted by molar-refractivity contribution is 0.0298. The van der Waals surface area contributed by atoms with E-state index in [1.807, 2.05) is 0 Å². The fourth-order valence-corrected chi connectivity index (χ4v) is 2.10. The third-order valence-corrected chi connectivity index (χ3v) is 4.27. The van der Waals surface area contributed by atoms with Crippen molar-refractivity contribution in [1.82, 2.24) is 0 Å². The molecule has 0 aromatic heterocycles. The minimum atomic E-state index is 0.159. The Balaban J connectivity index is 2.86. The van der Waals surface area contributed by atoms with Crippen molar-refractivity contribution in [2.45, 2.75) is 40.5 Å². The van der Waals surface area contributed by atoms with E-state index in [0.29, 0.717) is 12.0 Å². The Bertz CT molecular complexity index is 148. The van der Waals surface area contributed by atoms with Crippen molar-refractivity contribution < 1.29 is 5.11 Å². The third kappa shape index (κ3) is 1.10. The van der Waals surface area contributed by atoms with Gasteiger partial charge in [0.1, 0.15) is 0 Å². The van der Waals surface area contributed by atoms with E-state index >= 15 is 0 Å². The Kier molecular flexibility index (Phi) is 2.04. The van der Waals surface area contributed by atoms with Gasteiger partial charge < -0.3 is 5.11 Å². The van der Waals surface area contributed by atoms with E-state index in [1.54, 1.807) is 0 Å². The Hall–Kier alpha value is -0.0400. The van der Waals surface area contributed by atoms with Crippen LogP contribution in [0.5, 0.6) is 0 Å². The SMILES string of the molecule is CC1CCC(C)(CO)C1(C)C. The van der Waals surface area contributed by atoms with Gasteiger partial charge in [-0.1, -0.05) is 27.7 Å². The van der Waals surface area contributed by atoms with Gasteiger partial charge in [0, 0.05) is 6.61 Å². The fourth-order valence-electron chi connectivity index (χ4n) is 2.10. The number of aliphatic hydroxyl groups excluding tert-OH is 1. The standard InChI is InChI=1S/C10H20O/c1-8-5-6-10(4,7-11)9(8,2)3/h8,11H,5-7H2,1-4H3. The van der Waals surface area contributed by atoms with Crippen LogP contribution in [0.1, 0.15) is 40.5 Å². The maximum Gasteiger partial charge on any atom is 0.0489 e. The van der Waals surface area contributed by atoms with Gasteiger partial charge in [0.25, 0.3) is 0 Å². The van der Waals surface area contributed by atoms with E-state index < -0.39 is 0 Å². The molecule has 0 saturated heterocycles. The van der Waals surface area contributed by atoms with Crippen LogP contribution in [0.2, 0.25) is 0 Å². The Morgan fingerprint density at radius 2 is 1.91 bits per heavy atom. The zero-order valence-corrected chi connectivity index (χ0v) is 8.15. The maximum atomic E-state index is 9.28. The average Bonchev–Trinajstić information content (AvgIpc) is 2.15. The van der Waals surface area contributed by atoms with Gasteiger partial charge in [0.15, 0.2) is 0 Å². The van der Waals surface area contributed by atoms with Crippen molar-refractivity contribution in [1.29, 1.82) is 0 Å². The van der Waals surface area contributed by atoms with Crippen LogP contribution in [0.4, 0.5) is 0 Å². The molecule has 0 aromatic rings. The zero-order chi connectivity index (χ0) is 8.70. The molecule has 2 atom stereocenters. The van der Waals surface area contributed by atoms with Crippen molar-refractivity contribution in [3.05, 3.63) is 0 Å². The molecule has 0 bridgehead atoms. The van der Waals surface area contributed by atoms with Crippen molar-refractivity contribution in [3.8, 4) is 0 Å². The van der Waals surface area contributed by atoms with Crippen LogP contribution in [0.25, 0.3) is 0 Å². The van der Waals surface area contributed by atoms with Gasteiger partial charge in [0.05, 0.1) is 0 Å². The molecule has 2 unspecified atom stereocenters. The largest absolute Gasteiger partial charge is 0.396 e. The summed E-state index contributed by atoms with van der Waals surface area (Å²) in [6, 6.07) is 0. The number of hydrogen-bond donors (Lipinski definition) is 1. The average molecular weight is 156 g/mol. The lowest BCUT2D eigenvalue weighted by Crippen LogP contribution is -2.36. The second kappa shape index (κ2) is 2.48. The lowest BCUT2D eigenvalue weighted by Gasteiger charge is -2.39. The molecule has 1 heteroatoms. The first kappa shape index (κ1) is 9.05. The van der Waals surface area contributed by atoms with Crippen LogP contribution in [0.3, 0.4) is 0 Å². The van der Waals surface area contributed by atoms with Crippen molar-refractivity contribution in [3.63, 3.8) is 0 Å². The first-order valence-corrected chi connectivity index (χ1v) is 4.55. The molecule has 0 amide bonds. The van der Waals surface area contributed by atoms with Crippen molar-refractivity contribution >= 4 is 0 Å². The summed E-state index contributed by atoms with van der Waals surface area (Å²) in [5, 5.41) is 9.28. The summed E-state index contributed by atoms with van der Waals surface area (Å²) in [6.45, 7) is 9.39. The predicted octanol–water partition coefficient (Wildman–Crippen LogP) is 2.44. The lowest BCUT2D eigenvalue weighted by atomic mass is 9.67. The highest BCUT2D eigenvalue weighted by molar-refractivity contribution is 4.98. The van der Waals surface area contributed by atoms with E-state index in [4.69, 9.17) is 0 Å². The monoisotopic (exact) mass is 156 g/mol. The minimum absolute atomic E-state index is 0.159. The summed E-state index contributed by atoms with van der Waals surface area (Å²) < 4.78 is 0. The van der Waals surface area contributed by atoms with Gasteiger partial charge in [-0.3, -0.25) is 0 Å². The van der Waals surface area contributed by atoms with Crippen LogP contribution in [-0.2, 0) is 0 Å². The molecule has 1 rings (SSSR count). The number of hydrogen-bond acceptors (Lipinski definition) is 1. The van der Waals surface area contributed by atoms with Crippen LogP contribution >= 0.6 is 0 Å². The molecule has 0 radical (unpaired) electrons. The second-order valence-corrected chi connectivity index (χ2v) is 4.88. The summed E-state index contributed by atoms with van der Waals surface area (Å²) in [5.41, 5.74) is 0.466. The molecule has 11 heavy (non-hydrogen) atoms. The summed E-state index contributed by atoms with van der Waals surface area (Å²) in [4.78, 5) is 0. The van der Waals surface area contributed by atoms with Crippen LogP contribution in [0.15, 0.2) is 0 Å². The van der Waals surface area contributed by atoms with Crippen LogP contribution in [0, 0.1) is 16.7 Å². The third-order valence-electron chi connectivity index (χ3n) is 4.27. The summed E-state index contributed by atoms with van der Waals surface area (Å²) in [7, 11) is 0. The van der Waals surface area contributed by atoms with Crippen LogP contribution < -0.4 is 0 Å². The molecule has 1 aliphatic rings. The highest BCUT2D eigenvalue weighted by Gasteiger charge is 2.48. The van der Waals surface area contributed by atoms with Gasteiger partial charge in [-0.15, -0.1) is 0 Å². The summed E-state index contributed by atoms with van der Waals surface area (Å²) >= 11 is 0. The molecule has 1 saturated carbocycles. The smallest absolute Gasteiger partial charge is 0.0489 e. The molecular formula is C10H20O.